The first-order chi connectivity index (χ1) is 14.5. The fraction of sp³-hybridized carbons (Fsp3) is 0.391. The van der Waals surface area contributed by atoms with E-state index in [4.69, 9.17) is 4.74 Å². The first-order valence-electron chi connectivity index (χ1n) is 10.3. The molecule has 0 aromatic heterocycles. The highest BCUT2D eigenvalue weighted by molar-refractivity contribution is 5.93. The standard InChI is InChI=1S/C23H30N4O3/c1-24-23(29)19-6-4-18(5-7-19)16-25(2)17-22(28)27-14-12-26(13-15-27)20-8-10-21(30-3)11-9-20/h4-11H,12-17H2,1-3H3,(H,24,29)/p+1. The van der Waals surface area contributed by atoms with Gasteiger partial charge in [-0.25, -0.2) is 0 Å². The van der Waals surface area contributed by atoms with Crippen LogP contribution >= 0.6 is 0 Å². The number of carbonyl (C=O) groups is 2. The van der Waals surface area contributed by atoms with Crippen LogP contribution < -0.4 is 19.9 Å². The number of anilines is 1. The topological polar surface area (TPSA) is 66.3 Å². The Morgan fingerprint density at radius 2 is 1.63 bits per heavy atom. The molecule has 0 saturated carbocycles. The van der Waals surface area contributed by atoms with Crippen molar-refractivity contribution in [3.8, 4) is 5.75 Å². The lowest BCUT2D eigenvalue weighted by Gasteiger charge is -2.36. The number of likely N-dealkylation sites (N-methyl/N-ethyl adjacent to an activating group) is 1. The van der Waals surface area contributed by atoms with Gasteiger partial charge in [0.1, 0.15) is 12.3 Å². The Morgan fingerprint density at radius 1 is 1.00 bits per heavy atom. The third-order valence-electron chi connectivity index (χ3n) is 5.47. The van der Waals surface area contributed by atoms with Gasteiger partial charge in [-0.1, -0.05) is 12.1 Å². The van der Waals surface area contributed by atoms with Gasteiger partial charge in [0.25, 0.3) is 11.8 Å². The molecule has 0 spiro atoms. The highest BCUT2D eigenvalue weighted by Crippen LogP contribution is 2.20. The quantitative estimate of drug-likeness (QED) is 0.693. The van der Waals surface area contributed by atoms with Crippen LogP contribution in [0.25, 0.3) is 0 Å². The third kappa shape index (κ3) is 5.51. The van der Waals surface area contributed by atoms with Gasteiger partial charge in [0.15, 0.2) is 6.54 Å². The molecule has 1 fully saturated rings. The second kappa shape index (κ2) is 10.1. The van der Waals surface area contributed by atoms with Gasteiger partial charge in [-0.15, -0.1) is 0 Å². The minimum absolute atomic E-state index is 0.0915. The molecule has 3 rings (SSSR count). The molecule has 1 unspecified atom stereocenters. The van der Waals surface area contributed by atoms with Crippen molar-refractivity contribution in [3.05, 3.63) is 59.7 Å². The van der Waals surface area contributed by atoms with Gasteiger partial charge in [-0.3, -0.25) is 9.59 Å². The second-order valence-electron chi connectivity index (χ2n) is 7.65. The van der Waals surface area contributed by atoms with Crippen LogP contribution in [0.3, 0.4) is 0 Å². The summed E-state index contributed by atoms with van der Waals surface area (Å²) in [5.74, 6) is 0.942. The van der Waals surface area contributed by atoms with Gasteiger partial charge in [-0.05, 0) is 36.4 Å². The van der Waals surface area contributed by atoms with E-state index in [2.05, 4.69) is 22.3 Å². The molecule has 2 aromatic carbocycles. The molecule has 1 saturated heterocycles. The van der Waals surface area contributed by atoms with Crippen LogP contribution in [0.15, 0.2) is 48.5 Å². The number of hydrogen-bond acceptors (Lipinski definition) is 4. The molecule has 2 N–H and O–H groups in total. The average Bonchev–Trinajstić information content (AvgIpc) is 2.79. The molecule has 160 valence electrons. The number of amides is 2. The van der Waals surface area contributed by atoms with E-state index in [-0.39, 0.29) is 11.8 Å². The normalized spacial score (nSPS) is 14.9. The van der Waals surface area contributed by atoms with Crippen LogP contribution in [0, 0.1) is 0 Å². The van der Waals surface area contributed by atoms with Crippen molar-refractivity contribution in [3.63, 3.8) is 0 Å². The summed E-state index contributed by atoms with van der Waals surface area (Å²) in [6.45, 7) is 4.33. The summed E-state index contributed by atoms with van der Waals surface area (Å²) in [5.41, 5.74) is 2.91. The predicted octanol–water partition coefficient (Wildman–Crippen LogP) is 0.418. The fourth-order valence-electron chi connectivity index (χ4n) is 3.71. The maximum Gasteiger partial charge on any atom is 0.277 e. The maximum atomic E-state index is 12.7. The van der Waals surface area contributed by atoms with Crippen molar-refractivity contribution in [2.24, 2.45) is 0 Å². The molecule has 7 heteroatoms. The van der Waals surface area contributed by atoms with E-state index in [1.54, 1.807) is 14.2 Å². The largest absolute Gasteiger partial charge is 0.497 e. The van der Waals surface area contributed by atoms with Gasteiger partial charge in [0, 0.05) is 50.0 Å². The van der Waals surface area contributed by atoms with Crippen molar-refractivity contribution >= 4 is 17.5 Å². The van der Waals surface area contributed by atoms with Crippen molar-refractivity contribution in [1.82, 2.24) is 10.2 Å². The Balaban J connectivity index is 1.46. The van der Waals surface area contributed by atoms with Crippen molar-refractivity contribution in [1.29, 1.82) is 0 Å². The van der Waals surface area contributed by atoms with Gasteiger partial charge in [-0.2, -0.15) is 0 Å². The number of hydrogen-bond donors (Lipinski definition) is 2. The van der Waals surface area contributed by atoms with Crippen LogP contribution in [0.5, 0.6) is 5.75 Å². The monoisotopic (exact) mass is 411 g/mol. The Bertz CT molecular complexity index is 844. The number of quaternary nitrogens is 1. The van der Waals surface area contributed by atoms with Crippen molar-refractivity contribution < 1.29 is 19.2 Å². The number of nitrogens with zero attached hydrogens (tertiary/aromatic N) is 2. The van der Waals surface area contributed by atoms with Gasteiger partial charge in [0.2, 0.25) is 0 Å². The Labute approximate surface area is 178 Å². The van der Waals surface area contributed by atoms with Crippen LogP contribution in [0.2, 0.25) is 0 Å². The Morgan fingerprint density at radius 3 is 2.20 bits per heavy atom. The lowest BCUT2D eigenvalue weighted by Crippen LogP contribution is -3.09. The molecule has 1 atom stereocenters. The zero-order valence-corrected chi connectivity index (χ0v) is 18.0. The number of benzene rings is 2. The van der Waals surface area contributed by atoms with Gasteiger partial charge in [0.05, 0.1) is 14.2 Å². The maximum absolute atomic E-state index is 12.7. The van der Waals surface area contributed by atoms with Crippen LogP contribution in [0.4, 0.5) is 5.69 Å². The first kappa shape index (κ1) is 21.6. The van der Waals surface area contributed by atoms with Gasteiger partial charge < -0.3 is 24.8 Å². The first-order valence-corrected chi connectivity index (χ1v) is 10.3. The molecular weight excluding hydrogens is 380 g/mol. The highest BCUT2D eigenvalue weighted by Gasteiger charge is 2.23. The number of methoxy groups -OCH3 is 1. The molecule has 1 aliphatic heterocycles. The molecule has 0 aliphatic carbocycles. The zero-order valence-electron chi connectivity index (χ0n) is 18.0. The zero-order chi connectivity index (χ0) is 21.5. The number of ether oxygens (including phenoxy) is 1. The van der Waals surface area contributed by atoms with Crippen LogP contribution in [-0.2, 0) is 11.3 Å². The predicted molar refractivity (Wildman–Crippen MR) is 117 cm³/mol. The number of nitrogens with one attached hydrogen (secondary N) is 2. The molecular formula is C23H31N4O3+. The third-order valence-corrected chi connectivity index (χ3v) is 5.47. The minimum Gasteiger partial charge on any atom is -0.497 e. The number of rotatable bonds is 7. The summed E-state index contributed by atoms with van der Waals surface area (Å²) in [7, 11) is 5.31. The Hall–Kier alpha value is -3.06. The molecule has 30 heavy (non-hydrogen) atoms. The Kier molecular flexibility index (Phi) is 7.30. The number of piperazine rings is 1. The molecule has 7 nitrogen and oxygen atoms in total. The summed E-state index contributed by atoms with van der Waals surface area (Å²) in [5, 5.41) is 2.62. The van der Waals surface area contributed by atoms with Crippen LogP contribution in [0.1, 0.15) is 15.9 Å². The van der Waals surface area contributed by atoms with E-state index in [9.17, 15) is 9.59 Å². The SMILES string of the molecule is CNC(=O)c1ccc(C[NH+](C)CC(=O)N2CCN(c3ccc(OC)cc3)CC2)cc1. The summed E-state index contributed by atoms with van der Waals surface area (Å²) >= 11 is 0. The lowest BCUT2D eigenvalue weighted by molar-refractivity contribution is -0.885. The molecule has 0 radical (unpaired) electrons. The van der Waals surface area contributed by atoms with Crippen molar-refractivity contribution in [2.75, 3.05) is 58.8 Å². The van der Waals surface area contributed by atoms with E-state index in [0.29, 0.717) is 12.1 Å². The van der Waals surface area contributed by atoms with E-state index >= 15 is 0 Å². The molecule has 1 aliphatic rings. The smallest absolute Gasteiger partial charge is 0.277 e. The van der Waals surface area contributed by atoms with E-state index in [1.807, 2.05) is 48.3 Å². The fourth-order valence-corrected chi connectivity index (χ4v) is 3.71. The summed E-state index contributed by atoms with van der Waals surface area (Å²) in [6.07, 6.45) is 0. The summed E-state index contributed by atoms with van der Waals surface area (Å²) in [4.78, 5) is 29.7. The van der Waals surface area contributed by atoms with Crippen molar-refractivity contribution in [2.45, 2.75) is 6.54 Å². The van der Waals surface area contributed by atoms with E-state index in [0.717, 1.165) is 54.6 Å². The molecule has 2 amide bonds. The highest BCUT2D eigenvalue weighted by atomic mass is 16.5. The molecule has 0 bridgehead atoms. The van der Waals surface area contributed by atoms with Crippen LogP contribution in [-0.4, -0.2) is 70.6 Å². The average molecular weight is 412 g/mol. The van der Waals surface area contributed by atoms with E-state index in [1.165, 1.54) is 0 Å². The molecule has 2 aromatic rings. The van der Waals surface area contributed by atoms with Gasteiger partial charge >= 0.3 is 0 Å². The summed E-state index contributed by atoms with van der Waals surface area (Å²) < 4.78 is 5.21. The molecule has 1 heterocycles. The number of carbonyl (C=O) groups excluding carboxylic acids is 2. The lowest BCUT2D eigenvalue weighted by atomic mass is 10.1. The minimum atomic E-state index is -0.0915. The second-order valence-corrected chi connectivity index (χ2v) is 7.65. The van der Waals surface area contributed by atoms with E-state index < -0.39 is 0 Å². The summed E-state index contributed by atoms with van der Waals surface area (Å²) in [6, 6.07) is 15.6.